The highest BCUT2D eigenvalue weighted by Crippen LogP contribution is 2.22. The summed E-state index contributed by atoms with van der Waals surface area (Å²) in [6, 6.07) is -0.715. The van der Waals surface area contributed by atoms with Crippen molar-refractivity contribution in [1.29, 1.82) is 0 Å². The number of hydrogen-bond donors (Lipinski definition) is 2. The molecule has 6 nitrogen and oxygen atoms in total. The van der Waals surface area contributed by atoms with Crippen LogP contribution in [-0.4, -0.2) is 58.8 Å². The molecule has 1 rings (SSSR count). The Morgan fingerprint density at radius 2 is 2.35 bits per heavy atom. The van der Waals surface area contributed by atoms with Crippen molar-refractivity contribution in [1.82, 2.24) is 4.90 Å². The van der Waals surface area contributed by atoms with Crippen LogP contribution in [0.15, 0.2) is 0 Å². The second-order valence-corrected chi connectivity index (χ2v) is 4.73. The molecule has 1 heterocycles. The number of carboxylic acid groups (broad SMARTS) is 1. The van der Waals surface area contributed by atoms with Crippen LogP contribution >= 0.6 is 11.8 Å². The zero-order valence-corrected chi connectivity index (χ0v) is 10.6. The Morgan fingerprint density at radius 3 is 2.88 bits per heavy atom. The van der Waals surface area contributed by atoms with Crippen molar-refractivity contribution in [2.75, 3.05) is 24.8 Å². The summed E-state index contributed by atoms with van der Waals surface area (Å²) in [5, 5.41) is 8.96. The number of amides is 1. The van der Waals surface area contributed by atoms with Crippen LogP contribution in [0, 0.1) is 0 Å². The van der Waals surface area contributed by atoms with Gasteiger partial charge in [0, 0.05) is 18.9 Å². The van der Waals surface area contributed by atoms with E-state index < -0.39 is 12.0 Å². The van der Waals surface area contributed by atoms with Crippen LogP contribution < -0.4 is 5.73 Å². The van der Waals surface area contributed by atoms with E-state index in [1.165, 1.54) is 16.7 Å². The molecule has 1 amide bonds. The second kappa shape index (κ2) is 6.83. The lowest BCUT2D eigenvalue weighted by Crippen LogP contribution is -2.43. The van der Waals surface area contributed by atoms with Gasteiger partial charge in [-0.25, -0.2) is 4.79 Å². The maximum Gasteiger partial charge on any atom is 0.327 e. The fourth-order valence-electron chi connectivity index (χ4n) is 1.65. The van der Waals surface area contributed by atoms with Gasteiger partial charge >= 0.3 is 5.97 Å². The van der Waals surface area contributed by atoms with E-state index in [1.54, 1.807) is 0 Å². The van der Waals surface area contributed by atoms with E-state index in [2.05, 4.69) is 0 Å². The first-order valence-corrected chi connectivity index (χ1v) is 6.67. The average Bonchev–Trinajstić information content (AvgIpc) is 2.77. The van der Waals surface area contributed by atoms with Gasteiger partial charge in [-0.2, -0.15) is 0 Å². The standard InChI is InChI=1S/C10H18N2O4S/c1-2-16-7(4-11)3-9(13)12-6-17-5-8(12)10(14)15/h7-8H,2-6,11H2,1H3,(H,14,15)/t7?,8-/m0/s1. The third-order valence-electron chi connectivity index (χ3n) is 2.56. The molecule has 1 unspecified atom stereocenters. The Hall–Kier alpha value is -0.790. The molecule has 0 radical (unpaired) electrons. The predicted molar refractivity (Wildman–Crippen MR) is 64.7 cm³/mol. The zero-order valence-electron chi connectivity index (χ0n) is 9.80. The van der Waals surface area contributed by atoms with E-state index in [4.69, 9.17) is 15.6 Å². The van der Waals surface area contributed by atoms with E-state index >= 15 is 0 Å². The highest BCUT2D eigenvalue weighted by Gasteiger charge is 2.35. The summed E-state index contributed by atoms with van der Waals surface area (Å²) in [6.07, 6.45) is -0.179. The molecule has 0 aromatic carbocycles. The third-order valence-corrected chi connectivity index (χ3v) is 3.57. The average molecular weight is 262 g/mol. The third kappa shape index (κ3) is 3.86. The van der Waals surface area contributed by atoms with Gasteiger partial charge in [-0.15, -0.1) is 11.8 Å². The summed E-state index contributed by atoms with van der Waals surface area (Å²) in [7, 11) is 0. The number of aliphatic carboxylic acids is 1. The SMILES string of the molecule is CCOC(CN)CC(=O)N1CSC[C@H]1C(=O)O. The number of ether oxygens (including phenoxy) is 1. The van der Waals surface area contributed by atoms with Crippen molar-refractivity contribution in [3.8, 4) is 0 Å². The summed E-state index contributed by atoms with van der Waals surface area (Å²) >= 11 is 1.45. The number of rotatable bonds is 6. The fourth-order valence-corrected chi connectivity index (χ4v) is 2.82. The van der Waals surface area contributed by atoms with E-state index in [0.29, 0.717) is 18.2 Å². The molecule has 3 N–H and O–H groups in total. The van der Waals surface area contributed by atoms with Crippen molar-refractivity contribution < 1.29 is 19.4 Å². The lowest BCUT2D eigenvalue weighted by atomic mass is 10.2. The summed E-state index contributed by atoms with van der Waals surface area (Å²) in [4.78, 5) is 24.2. The molecule has 7 heteroatoms. The minimum absolute atomic E-state index is 0.147. The second-order valence-electron chi connectivity index (χ2n) is 3.73. The van der Waals surface area contributed by atoms with Crippen LogP contribution in [0.4, 0.5) is 0 Å². The number of nitrogens with two attached hydrogens (primary N) is 1. The van der Waals surface area contributed by atoms with E-state index in [1.807, 2.05) is 6.92 Å². The maximum absolute atomic E-state index is 11.9. The molecular weight excluding hydrogens is 244 g/mol. The van der Waals surface area contributed by atoms with Crippen molar-refractivity contribution in [2.45, 2.75) is 25.5 Å². The van der Waals surface area contributed by atoms with Gasteiger partial charge in [-0.1, -0.05) is 0 Å². The van der Waals surface area contributed by atoms with E-state index in [9.17, 15) is 9.59 Å². The zero-order chi connectivity index (χ0) is 12.8. The van der Waals surface area contributed by atoms with Gasteiger partial charge in [0.25, 0.3) is 0 Å². The molecule has 17 heavy (non-hydrogen) atoms. The van der Waals surface area contributed by atoms with Gasteiger partial charge in [0.05, 0.1) is 18.4 Å². The predicted octanol–water partition coefficient (Wildman–Crippen LogP) is -0.274. The Morgan fingerprint density at radius 1 is 1.65 bits per heavy atom. The van der Waals surface area contributed by atoms with Gasteiger partial charge < -0.3 is 20.5 Å². The first-order chi connectivity index (χ1) is 8.10. The summed E-state index contributed by atoms with van der Waals surface area (Å²) in [5.74, 6) is -0.280. The number of carbonyl (C=O) groups excluding carboxylic acids is 1. The molecule has 1 saturated heterocycles. The molecule has 0 aromatic heterocycles. The number of hydrogen-bond acceptors (Lipinski definition) is 5. The van der Waals surface area contributed by atoms with Gasteiger partial charge in [0.1, 0.15) is 6.04 Å². The van der Waals surface area contributed by atoms with Gasteiger partial charge in [0.15, 0.2) is 0 Å². The molecule has 0 aromatic rings. The Kier molecular flexibility index (Phi) is 5.73. The number of carbonyl (C=O) groups is 2. The first kappa shape index (κ1) is 14.3. The first-order valence-electron chi connectivity index (χ1n) is 5.51. The minimum atomic E-state index is -0.955. The van der Waals surface area contributed by atoms with Crippen LogP contribution in [0.5, 0.6) is 0 Å². The molecule has 0 bridgehead atoms. The van der Waals surface area contributed by atoms with E-state index in [-0.39, 0.29) is 25.0 Å². The van der Waals surface area contributed by atoms with Crippen LogP contribution in [0.1, 0.15) is 13.3 Å². The smallest absolute Gasteiger partial charge is 0.327 e. The maximum atomic E-state index is 11.9. The van der Waals surface area contributed by atoms with Gasteiger partial charge in [-0.3, -0.25) is 4.79 Å². The van der Waals surface area contributed by atoms with Crippen LogP contribution in [-0.2, 0) is 14.3 Å². The van der Waals surface area contributed by atoms with Gasteiger partial charge in [0.2, 0.25) is 5.91 Å². The molecule has 98 valence electrons. The highest BCUT2D eigenvalue weighted by molar-refractivity contribution is 7.99. The van der Waals surface area contributed by atoms with Crippen molar-refractivity contribution in [2.24, 2.45) is 5.73 Å². The molecular formula is C10H18N2O4S. The number of nitrogens with zero attached hydrogens (tertiary/aromatic N) is 1. The highest BCUT2D eigenvalue weighted by atomic mass is 32.2. The van der Waals surface area contributed by atoms with Crippen LogP contribution in [0.25, 0.3) is 0 Å². The fraction of sp³-hybridized carbons (Fsp3) is 0.800. The Bertz CT molecular complexity index is 287. The van der Waals surface area contributed by atoms with E-state index in [0.717, 1.165) is 0 Å². The van der Waals surface area contributed by atoms with Crippen LogP contribution in [0.2, 0.25) is 0 Å². The molecule has 0 saturated carbocycles. The van der Waals surface area contributed by atoms with Crippen molar-refractivity contribution in [3.05, 3.63) is 0 Å². The molecule has 1 aliphatic rings. The minimum Gasteiger partial charge on any atom is -0.480 e. The molecule has 0 spiro atoms. The van der Waals surface area contributed by atoms with Crippen molar-refractivity contribution in [3.63, 3.8) is 0 Å². The molecule has 2 atom stereocenters. The summed E-state index contributed by atoms with van der Waals surface area (Å²) < 4.78 is 5.29. The lowest BCUT2D eigenvalue weighted by molar-refractivity contribution is -0.148. The normalized spacial score (nSPS) is 21.5. The molecule has 0 aliphatic carbocycles. The number of thioether (sulfide) groups is 1. The van der Waals surface area contributed by atoms with Crippen molar-refractivity contribution >= 4 is 23.6 Å². The lowest BCUT2D eigenvalue weighted by Gasteiger charge is -2.23. The Balaban J connectivity index is 2.54. The quantitative estimate of drug-likeness (QED) is 0.684. The summed E-state index contributed by atoms with van der Waals surface area (Å²) in [5.41, 5.74) is 5.48. The van der Waals surface area contributed by atoms with Gasteiger partial charge in [-0.05, 0) is 6.92 Å². The number of carboxylic acids is 1. The summed E-state index contributed by atoms with van der Waals surface area (Å²) in [6.45, 7) is 2.59. The largest absolute Gasteiger partial charge is 0.480 e. The topological polar surface area (TPSA) is 92.9 Å². The molecule has 1 fully saturated rings. The monoisotopic (exact) mass is 262 g/mol. The molecule has 1 aliphatic heterocycles. The van der Waals surface area contributed by atoms with Crippen LogP contribution in [0.3, 0.4) is 0 Å². The Labute approximate surface area is 104 Å².